The van der Waals surface area contributed by atoms with Crippen molar-refractivity contribution < 1.29 is 4.74 Å². The summed E-state index contributed by atoms with van der Waals surface area (Å²) in [6.45, 7) is 14.7. The molecular formula is C36H67NO. The maximum Gasteiger partial charge on any atom is 0.0593 e. The Morgan fingerprint density at radius 2 is 1.03 bits per heavy atom. The molecule has 0 saturated carbocycles. The van der Waals surface area contributed by atoms with E-state index >= 15 is 0 Å². The summed E-state index contributed by atoms with van der Waals surface area (Å²) >= 11 is 0. The van der Waals surface area contributed by atoms with Gasteiger partial charge in [-0.2, -0.15) is 0 Å². The molecule has 0 bridgehead atoms. The summed E-state index contributed by atoms with van der Waals surface area (Å²) in [5, 5.41) is 0. The second kappa shape index (κ2) is 25.1. The van der Waals surface area contributed by atoms with E-state index in [0.717, 1.165) is 19.8 Å². The van der Waals surface area contributed by atoms with Crippen LogP contribution in [-0.2, 0) is 11.2 Å². The summed E-state index contributed by atoms with van der Waals surface area (Å²) < 4.78 is 6.39. The van der Waals surface area contributed by atoms with E-state index in [2.05, 4.69) is 62.9 Å². The molecule has 0 aliphatic rings. The van der Waals surface area contributed by atoms with Gasteiger partial charge in [-0.15, -0.1) is 0 Å². The Balaban J connectivity index is 2.54. The first-order chi connectivity index (χ1) is 18.7. The zero-order valence-corrected chi connectivity index (χ0v) is 26.4. The van der Waals surface area contributed by atoms with Crippen molar-refractivity contribution in [3.63, 3.8) is 0 Å². The first-order valence-corrected chi connectivity index (χ1v) is 17.0. The van der Waals surface area contributed by atoms with Crippen molar-refractivity contribution in [2.75, 3.05) is 32.8 Å². The summed E-state index contributed by atoms with van der Waals surface area (Å²) in [4.78, 5) is 2.71. The third kappa shape index (κ3) is 18.4. The standard InChI is InChI=1S/C36H67NO/c1-5-9-13-15-17-22-29-37(30-23-18-16-14-10-6-2)31-33-38-32-28-36(26-11-7-3,27-12-8-4)34-35-24-20-19-21-25-35/h19-21,24-25H,5-18,22-23,26-34H2,1-4H3. The Labute approximate surface area is 239 Å². The maximum absolute atomic E-state index is 6.39. The molecule has 0 unspecified atom stereocenters. The SMILES string of the molecule is CCCCCCCCN(CCCCCCCC)CCOCCC(CCCC)(CCCC)Cc1ccccc1. The number of nitrogens with zero attached hydrogens (tertiary/aromatic N) is 1. The fourth-order valence-corrected chi connectivity index (χ4v) is 5.92. The molecule has 0 amide bonds. The maximum atomic E-state index is 6.39. The largest absolute Gasteiger partial charge is 0.380 e. The highest BCUT2D eigenvalue weighted by Gasteiger charge is 2.29. The van der Waals surface area contributed by atoms with Gasteiger partial charge in [0.2, 0.25) is 0 Å². The van der Waals surface area contributed by atoms with Crippen LogP contribution in [0.25, 0.3) is 0 Å². The number of ether oxygens (including phenoxy) is 1. The quantitative estimate of drug-likeness (QED) is 0.100. The zero-order valence-electron chi connectivity index (χ0n) is 26.4. The molecule has 222 valence electrons. The van der Waals surface area contributed by atoms with Crippen LogP contribution >= 0.6 is 0 Å². The van der Waals surface area contributed by atoms with Gasteiger partial charge in [0.25, 0.3) is 0 Å². The highest BCUT2D eigenvalue weighted by molar-refractivity contribution is 5.16. The van der Waals surface area contributed by atoms with Crippen molar-refractivity contribution in [1.29, 1.82) is 0 Å². The van der Waals surface area contributed by atoms with Gasteiger partial charge < -0.3 is 9.64 Å². The Morgan fingerprint density at radius 3 is 1.55 bits per heavy atom. The first-order valence-electron chi connectivity index (χ1n) is 17.0. The Morgan fingerprint density at radius 1 is 0.526 bits per heavy atom. The van der Waals surface area contributed by atoms with Gasteiger partial charge in [-0.3, -0.25) is 0 Å². The van der Waals surface area contributed by atoms with E-state index in [1.807, 2.05) is 0 Å². The molecule has 0 heterocycles. The summed E-state index contributed by atoms with van der Waals surface area (Å²) in [5.41, 5.74) is 1.90. The van der Waals surface area contributed by atoms with E-state index in [9.17, 15) is 0 Å². The number of hydrogen-bond acceptors (Lipinski definition) is 2. The van der Waals surface area contributed by atoms with Gasteiger partial charge >= 0.3 is 0 Å². The molecule has 2 heteroatoms. The molecule has 0 aliphatic heterocycles. The smallest absolute Gasteiger partial charge is 0.0593 e. The summed E-state index contributed by atoms with van der Waals surface area (Å²) in [6.07, 6.45) is 27.0. The van der Waals surface area contributed by atoms with Gasteiger partial charge in [-0.25, -0.2) is 0 Å². The lowest BCUT2D eigenvalue weighted by molar-refractivity contribution is 0.0656. The lowest BCUT2D eigenvalue weighted by Gasteiger charge is -2.35. The molecule has 0 fully saturated rings. The third-order valence-corrected chi connectivity index (χ3v) is 8.53. The molecule has 0 spiro atoms. The second-order valence-corrected chi connectivity index (χ2v) is 12.1. The van der Waals surface area contributed by atoms with E-state index in [1.165, 1.54) is 147 Å². The van der Waals surface area contributed by atoms with Gasteiger partial charge in [0, 0.05) is 13.2 Å². The third-order valence-electron chi connectivity index (χ3n) is 8.53. The van der Waals surface area contributed by atoms with Gasteiger partial charge in [-0.05, 0) is 62.6 Å². The Bertz CT molecular complexity index is 577. The molecule has 0 aliphatic carbocycles. The molecule has 0 saturated heterocycles. The fourth-order valence-electron chi connectivity index (χ4n) is 5.92. The number of rotatable bonds is 28. The Kier molecular flexibility index (Phi) is 23.3. The zero-order chi connectivity index (χ0) is 27.6. The van der Waals surface area contributed by atoms with Crippen LogP contribution in [0.2, 0.25) is 0 Å². The van der Waals surface area contributed by atoms with Gasteiger partial charge in [0.05, 0.1) is 6.61 Å². The first kappa shape index (κ1) is 35.2. The van der Waals surface area contributed by atoms with Gasteiger partial charge in [0.1, 0.15) is 0 Å². The van der Waals surface area contributed by atoms with Crippen LogP contribution in [0.3, 0.4) is 0 Å². The minimum atomic E-state index is 0.393. The Hall–Kier alpha value is -0.860. The molecule has 1 aromatic rings. The number of unbranched alkanes of at least 4 members (excludes halogenated alkanes) is 12. The summed E-state index contributed by atoms with van der Waals surface area (Å²) in [5.74, 6) is 0. The monoisotopic (exact) mass is 530 g/mol. The van der Waals surface area contributed by atoms with Crippen molar-refractivity contribution in [3.8, 4) is 0 Å². The fraction of sp³-hybridized carbons (Fsp3) is 0.833. The number of benzene rings is 1. The van der Waals surface area contributed by atoms with E-state index in [4.69, 9.17) is 4.74 Å². The van der Waals surface area contributed by atoms with Crippen LogP contribution in [-0.4, -0.2) is 37.7 Å². The van der Waals surface area contributed by atoms with Crippen LogP contribution in [0.1, 0.15) is 155 Å². The molecular weight excluding hydrogens is 462 g/mol. The molecule has 1 rings (SSSR count). The average molecular weight is 530 g/mol. The normalized spacial score (nSPS) is 12.0. The highest BCUT2D eigenvalue weighted by Crippen LogP contribution is 2.38. The second-order valence-electron chi connectivity index (χ2n) is 12.1. The van der Waals surface area contributed by atoms with Crippen molar-refractivity contribution in [1.82, 2.24) is 4.90 Å². The lowest BCUT2D eigenvalue weighted by atomic mass is 9.71. The highest BCUT2D eigenvalue weighted by atomic mass is 16.5. The molecule has 38 heavy (non-hydrogen) atoms. The van der Waals surface area contributed by atoms with Crippen LogP contribution < -0.4 is 0 Å². The minimum Gasteiger partial charge on any atom is -0.380 e. The molecule has 0 radical (unpaired) electrons. The van der Waals surface area contributed by atoms with Crippen molar-refractivity contribution >= 4 is 0 Å². The van der Waals surface area contributed by atoms with Crippen LogP contribution in [0, 0.1) is 5.41 Å². The molecule has 0 atom stereocenters. The van der Waals surface area contributed by atoms with Crippen LogP contribution in [0.5, 0.6) is 0 Å². The predicted octanol–water partition coefficient (Wildman–Crippen LogP) is 11.0. The lowest BCUT2D eigenvalue weighted by Crippen LogP contribution is -2.31. The molecule has 0 aromatic heterocycles. The topological polar surface area (TPSA) is 12.5 Å². The molecule has 1 aromatic carbocycles. The molecule has 2 nitrogen and oxygen atoms in total. The molecule has 0 N–H and O–H groups in total. The van der Waals surface area contributed by atoms with E-state index in [-0.39, 0.29) is 0 Å². The van der Waals surface area contributed by atoms with Crippen LogP contribution in [0.4, 0.5) is 0 Å². The van der Waals surface area contributed by atoms with Gasteiger partial charge in [0.15, 0.2) is 0 Å². The summed E-state index contributed by atoms with van der Waals surface area (Å²) in [7, 11) is 0. The summed E-state index contributed by atoms with van der Waals surface area (Å²) in [6, 6.07) is 11.2. The number of hydrogen-bond donors (Lipinski definition) is 0. The van der Waals surface area contributed by atoms with E-state index in [0.29, 0.717) is 5.41 Å². The van der Waals surface area contributed by atoms with Crippen molar-refractivity contribution in [2.45, 2.75) is 156 Å². The van der Waals surface area contributed by atoms with E-state index in [1.54, 1.807) is 0 Å². The van der Waals surface area contributed by atoms with Crippen molar-refractivity contribution in [2.24, 2.45) is 5.41 Å². The predicted molar refractivity (Wildman–Crippen MR) is 170 cm³/mol. The minimum absolute atomic E-state index is 0.393. The van der Waals surface area contributed by atoms with E-state index < -0.39 is 0 Å². The average Bonchev–Trinajstić information content (AvgIpc) is 2.94. The van der Waals surface area contributed by atoms with Crippen LogP contribution in [0.15, 0.2) is 30.3 Å². The van der Waals surface area contributed by atoms with Crippen molar-refractivity contribution in [3.05, 3.63) is 35.9 Å². The van der Waals surface area contributed by atoms with Gasteiger partial charge in [-0.1, -0.05) is 148 Å².